The fourth-order valence-electron chi connectivity index (χ4n) is 1.97. The van der Waals surface area contributed by atoms with Crippen LogP contribution >= 0.6 is 23.2 Å². The Morgan fingerprint density at radius 1 is 1.33 bits per heavy atom. The SMILES string of the molecule is Cc1cc(Cl)c(C2CC2C(=O)N=C(N)N)cc1Cl. The van der Waals surface area contributed by atoms with Gasteiger partial charge in [0, 0.05) is 16.0 Å². The van der Waals surface area contributed by atoms with Gasteiger partial charge in [0.05, 0.1) is 0 Å². The van der Waals surface area contributed by atoms with Gasteiger partial charge in [-0.3, -0.25) is 4.79 Å². The highest BCUT2D eigenvalue weighted by Gasteiger charge is 2.45. The monoisotopic (exact) mass is 285 g/mol. The van der Waals surface area contributed by atoms with E-state index < -0.39 is 0 Å². The molecular weight excluding hydrogens is 273 g/mol. The number of nitrogens with two attached hydrogens (primary N) is 2. The van der Waals surface area contributed by atoms with Gasteiger partial charge in [0.25, 0.3) is 5.91 Å². The Labute approximate surface area is 115 Å². The number of carbonyl (C=O) groups excluding carboxylic acids is 1. The topological polar surface area (TPSA) is 81.5 Å². The molecule has 0 saturated heterocycles. The van der Waals surface area contributed by atoms with Crippen LogP contribution in [0.5, 0.6) is 0 Å². The molecule has 1 fully saturated rings. The molecule has 1 aromatic carbocycles. The standard InChI is InChI=1S/C12H13Cl2N3O/c1-5-2-10(14)7(4-9(5)13)6-3-8(6)11(18)17-12(15)16/h2,4,6,8H,3H2,1H3,(H4,15,16,17,18). The number of hydrogen-bond acceptors (Lipinski definition) is 1. The van der Waals surface area contributed by atoms with Crippen LogP contribution < -0.4 is 11.5 Å². The summed E-state index contributed by atoms with van der Waals surface area (Å²) in [6.07, 6.45) is 0.703. The molecule has 0 heterocycles. The first-order chi connectivity index (χ1) is 8.40. The van der Waals surface area contributed by atoms with Crippen molar-refractivity contribution in [2.75, 3.05) is 0 Å². The Kier molecular flexibility index (Phi) is 3.50. The molecule has 4 N–H and O–H groups in total. The molecule has 0 spiro atoms. The van der Waals surface area contributed by atoms with Crippen LogP contribution in [-0.4, -0.2) is 11.9 Å². The Morgan fingerprint density at radius 2 is 2.00 bits per heavy atom. The van der Waals surface area contributed by atoms with Crippen molar-refractivity contribution < 1.29 is 4.79 Å². The molecule has 1 aliphatic carbocycles. The molecule has 1 aliphatic rings. The van der Waals surface area contributed by atoms with Gasteiger partial charge in [-0.25, -0.2) is 0 Å². The molecule has 96 valence electrons. The van der Waals surface area contributed by atoms with E-state index in [0.717, 1.165) is 11.1 Å². The number of carbonyl (C=O) groups is 1. The van der Waals surface area contributed by atoms with Crippen molar-refractivity contribution in [3.05, 3.63) is 33.3 Å². The summed E-state index contributed by atoms with van der Waals surface area (Å²) < 4.78 is 0. The zero-order valence-electron chi connectivity index (χ0n) is 9.78. The number of benzene rings is 1. The van der Waals surface area contributed by atoms with Gasteiger partial charge in [0.2, 0.25) is 0 Å². The van der Waals surface area contributed by atoms with Crippen LogP contribution in [0.1, 0.15) is 23.5 Å². The van der Waals surface area contributed by atoms with Crippen molar-refractivity contribution in [2.45, 2.75) is 19.3 Å². The van der Waals surface area contributed by atoms with Crippen LogP contribution in [0.2, 0.25) is 10.0 Å². The molecular formula is C12H13Cl2N3O. The van der Waals surface area contributed by atoms with Gasteiger partial charge in [-0.05, 0) is 42.5 Å². The maximum absolute atomic E-state index is 11.6. The third kappa shape index (κ3) is 2.60. The number of aliphatic imine (C=N–C) groups is 1. The van der Waals surface area contributed by atoms with E-state index >= 15 is 0 Å². The number of rotatable bonds is 2. The molecule has 6 heteroatoms. The first-order valence-corrected chi connectivity index (χ1v) is 6.24. The molecule has 2 unspecified atom stereocenters. The summed E-state index contributed by atoms with van der Waals surface area (Å²) in [4.78, 5) is 15.2. The van der Waals surface area contributed by atoms with Crippen molar-refractivity contribution in [3.63, 3.8) is 0 Å². The minimum atomic E-state index is -0.298. The summed E-state index contributed by atoms with van der Waals surface area (Å²) in [6.45, 7) is 1.88. The van der Waals surface area contributed by atoms with Crippen molar-refractivity contribution >= 4 is 35.1 Å². The van der Waals surface area contributed by atoms with Crippen LogP contribution in [0, 0.1) is 12.8 Å². The van der Waals surface area contributed by atoms with E-state index in [1.165, 1.54) is 0 Å². The van der Waals surface area contributed by atoms with E-state index in [2.05, 4.69) is 4.99 Å². The van der Waals surface area contributed by atoms with Crippen LogP contribution in [-0.2, 0) is 4.79 Å². The number of hydrogen-bond donors (Lipinski definition) is 2. The van der Waals surface area contributed by atoms with Gasteiger partial charge in [-0.1, -0.05) is 23.2 Å². The molecule has 2 atom stereocenters. The molecule has 4 nitrogen and oxygen atoms in total. The molecule has 1 aromatic rings. The average molecular weight is 286 g/mol. The van der Waals surface area contributed by atoms with Crippen molar-refractivity contribution in [1.82, 2.24) is 0 Å². The number of guanidine groups is 1. The van der Waals surface area contributed by atoms with Gasteiger partial charge in [-0.2, -0.15) is 4.99 Å². The minimum Gasteiger partial charge on any atom is -0.370 e. The van der Waals surface area contributed by atoms with Gasteiger partial charge in [-0.15, -0.1) is 0 Å². The van der Waals surface area contributed by atoms with Crippen molar-refractivity contribution in [2.24, 2.45) is 22.4 Å². The fourth-order valence-corrected chi connectivity index (χ4v) is 2.50. The van der Waals surface area contributed by atoms with Crippen LogP contribution in [0.4, 0.5) is 0 Å². The Balaban J connectivity index is 2.19. The summed E-state index contributed by atoms with van der Waals surface area (Å²) in [5, 5.41) is 1.27. The second kappa shape index (κ2) is 4.78. The third-order valence-electron chi connectivity index (χ3n) is 3.02. The molecule has 0 aliphatic heterocycles. The van der Waals surface area contributed by atoms with Crippen LogP contribution in [0.3, 0.4) is 0 Å². The highest BCUT2D eigenvalue weighted by atomic mass is 35.5. The molecule has 0 aromatic heterocycles. The molecule has 18 heavy (non-hydrogen) atoms. The summed E-state index contributed by atoms with van der Waals surface area (Å²) in [7, 11) is 0. The van der Waals surface area contributed by atoms with E-state index in [-0.39, 0.29) is 23.7 Å². The lowest BCUT2D eigenvalue weighted by molar-refractivity contribution is -0.119. The molecule has 1 saturated carbocycles. The average Bonchev–Trinajstić information content (AvgIpc) is 3.02. The van der Waals surface area contributed by atoms with E-state index in [1.54, 1.807) is 6.07 Å². The van der Waals surface area contributed by atoms with Gasteiger partial charge < -0.3 is 11.5 Å². The summed E-state index contributed by atoms with van der Waals surface area (Å²) >= 11 is 12.2. The molecule has 1 amide bonds. The minimum absolute atomic E-state index is 0.0613. The number of nitrogens with zero attached hydrogens (tertiary/aromatic N) is 1. The predicted octanol–water partition coefficient (Wildman–Crippen LogP) is 2.21. The van der Waals surface area contributed by atoms with Crippen LogP contribution in [0.25, 0.3) is 0 Å². The zero-order valence-corrected chi connectivity index (χ0v) is 11.3. The fraction of sp³-hybridized carbons (Fsp3) is 0.333. The highest BCUT2D eigenvalue weighted by Crippen LogP contribution is 2.51. The second-order valence-corrected chi connectivity index (χ2v) is 5.26. The van der Waals surface area contributed by atoms with Crippen molar-refractivity contribution in [1.29, 1.82) is 0 Å². The van der Waals surface area contributed by atoms with Crippen LogP contribution in [0.15, 0.2) is 17.1 Å². The van der Waals surface area contributed by atoms with E-state index in [4.69, 9.17) is 34.7 Å². The smallest absolute Gasteiger partial charge is 0.252 e. The van der Waals surface area contributed by atoms with E-state index in [9.17, 15) is 4.79 Å². The van der Waals surface area contributed by atoms with Gasteiger partial charge in [0.1, 0.15) is 0 Å². The summed E-state index contributed by atoms with van der Waals surface area (Å²) in [5.41, 5.74) is 12.2. The van der Waals surface area contributed by atoms with Crippen molar-refractivity contribution in [3.8, 4) is 0 Å². The zero-order chi connectivity index (χ0) is 13.4. The number of amides is 1. The lowest BCUT2D eigenvalue weighted by Gasteiger charge is -2.06. The lowest BCUT2D eigenvalue weighted by Crippen LogP contribution is -2.24. The summed E-state index contributed by atoms with van der Waals surface area (Å²) in [6, 6.07) is 3.62. The maximum atomic E-state index is 11.6. The maximum Gasteiger partial charge on any atom is 0.252 e. The largest absolute Gasteiger partial charge is 0.370 e. The second-order valence-electron chi connectivity index (χ2n) is 4.45. The number of halogens is 2. The molecule has 0 bridgehead atoms. The summed E-state index contributed by atoms with van der Waals surface area (Å²) in [5.74, 6) is -0.638. The van der Waals surface area contributed by atoms with E-state index in [0.29, 0.717) is 16.5 Å². The highest BCUT2D eigenvalue weighted by molar-refractivity contribution is 6.34. The van der Waals surface area contributed by atoms with E-state index in [1.807, 2.05) is 13.0 Å². The lowest BCUT2D eigenvalue weighted by atomic mass is 10.1. The quantitative estimate of drug-likeness (QED) is 0.646. The van der Waals surface area contributed by atoms with Gasteiger partial charge in [0.15, 0.2) is 5.96 Å². The predicted molar refractivity (Wildman–Crippen MR) is 72.9 cm³/mol. The Morgan fingerprint density at radius 3 is 2.61 bits per heavy atom. The molecule has 0 radical (unpaired) electrons. The normalized spacial score (nSPS) is 21.5. The first kappa shape index (κ1) is 13.2. The first-order valence-electron chi connectivity index (χ1n) is 5.49. The molecule has 2 rings (SSSR count). The Hall–Kier alpha value is -1.26. The Bertz CT molecular complexity index is 538. The third-order valence-corrected chi connectivity index (χ3v) is 3.76. The number of aryl methyl sites for hydroxylation is 1. The van der Waals surface area contributed by atoms with Gasteiger partial charge >= 0.3 is 0 Å².